The summed E-state index contributed by atoms with van der Waals surface area (Å²) in [5.41, 5.74) is 0. The van der Waals surface area contributed by atoms with Crippen LogP contribution in [0.4, 0.5) is 22.0 Å². The smallest absolute Gasteiger partial charge is 0.287 e. The van der Waals surface area contributed by atoms with Crippen LogP contribution < -0.4 is 4.74 Å². The van der Waals surface area contributed by atoms with E-state index in [9.17, 15) is 27.1 Å². The summed E-state index contributed by atoms with van der Waals surface area (Å²) in [7, 11) is 0. The fourth-order valence-corrected chi connectivity index (χ4v) is 3.33. The zero-order valence-electron chi connectivity index (χ0n) is 19.5. The largest absolute Gasteiger partial charge is 0.487 e. The number of benzene rings is 1. The van der Waals surface area contributed by atoms with Gasteiger partial charge in [0.25, 0.3) is 5.97 Å². The molecule has 4 nitrogen and oxygen atoms in total. The second-order valence-corrected chi connectivity index (χ2v) is 8.43. The van der Waals surface area contributed by atoms with Crippen LogP contribution in [0.25, 0.3) is 0 Å². The minimum Gasteiger partial charge on any atom is -0.487 e. The highest BCUT2D eigenvalue weighted by Crippen LogP contribution is 2.33. The van der Waals surface area contributed by atoms with E-state index in [0.717, 1.165) is 32.1 Å². The van der Waals surface area contributed by atoms with Crippen LogP contribution in [-0.4, -0.2) is 29.9 Å². The Labute approximate surface area is 187 Å². The predicted molar refractivity (Wildman–Crippen MR) is 111 cm³/mol. The molecule has 0 aliphatic heterocycles. The maximum Gasteiger partial charge on any atom is 0.287 e. The molecule has 1 aromatic rings. The quantitative estimate of drug-likeness (QED) is 0.103. The summed E-state index contributed by atoms with van der Waals surface area (Å²) in [4.78, 5) is 0. The molecule has 0 aliphatic carbocycles. The molecule has 0 saturated heterocycles. The average Bonchev–Trinajstić information content (AvgIpc) is 2.70. The van der Waals surface area contributed by atoms with Gasteiger partial charge in [-0.05, 0) is 34.1 Å². The normalized spacial score (nSPS) is 13.3. The van der Waals surface area contributed by atoms with Gasteiger partial charge in [-0.15, -0.1) is 0 Å². The standard InChI is InChI=1S/C23H35F5O4/c1-6-7-8-9-10-11-12-16(23(29,31-14(2)3)32-15(4)5)13-30-22-20(27)18(25)17(24)19(26)21(22)28/h14-16,29H,6-13H2,1-5H3. The fraction of sp³-hybridized carbons (Fsp3) is 0.739. The molecule has 0 radical (unpaired) electrons. The van der Waals surface area contributed by atoms with Crippen molar-refractivity contribution in [1.82, 2.24) is 0 Å². The van der Waals surface area contributed by atoms with E-state index < -0.39 is 65.5 Å². The molecule has 0 heterocycles. The minimum absolute atomic E-state index is 0.289. The Morgan fingerprint density at radius 2 is 1.16 bits per heavy atom. The number of halogens is 5. The molecule has 1 unspecified atom stereocenters. The van der Waals surface area contributed by atoms with E-state index in [0.29, 0.717) is 6.42 Å². The first-order valence-corrected chi connectivity index (χ1v) is 11.2. The number of rotatable bonds is 15. The van der Waals surface area contributed by atoms with Crippen molar-refractivity contribution in [3.8, 4) is 5.75 Å². The number of hydrogen-bond donors (Lipinski definition) is 1. The first-order chi connectivity index (χ1) is 14.9. The van der Waals surface area contributed by atoms with Crippen molar-refractivity contribution in [2.45, 2.75) is 97.7 Å². The highest BCUT2D eigenvalue weighted by atomic mass is 19.2. The summed E-state index contributed by atoms with van der Waals surface area (Å²) in [6.07, 6.45) is 5.01. The fourth-order valence-electron chi connectivity index (χ4n) is 3.33. The molecule has 0 fully saturated rings. The Bertz CT molecular complexity index is 673. The summed E-state index contributed by atoms with van der Waals surface area (Å²) >= 11 is 0. The van der Waals surface area contributed by atoms with Crippen LogP contribution in [0.1, 0.15) is 79.6 Å². The van der Waals surface area contributed by atoms with Crippen LogP contribution in [0, 0.1) is 35.0 Å². The molecule has 1 aromatic carbocycles. The van der Waals surface area contributed by atoms with Crippen LogP contribution in [0.2, 0.25) is 0 Å². The number of aliphatic hydroxyl groups is 1. The summed E-state index contributed by atoms with van der Waals surface area (Å²) in [5.74, 6) is -15.1. The van der Waals surface area contributed by atoms with Crippen molar-refractivity contribution in [3.63, 3.8) is 0 Å². The topological polar surface area (TPSA) is 47.9 Å². The monoisotopic (exact) mass is 470 g/mol. The predicted octanol–water partition coefficient (Wildman–Crippen LogP) is 6.62. The van der Waals surface area contributed by atoms with Gasteiger partial charge in [0, 0.05) is 0 Å². The van der Waals surface area contributed by atoms with E-state index in [1.165, 1.54) is 0 Å². The third kappa shape index (κ3) is 8.15. The number of hydrogen-bond acceptors (Lipinski definition) is 4. The Kier molecular flexibility index (Phi) is 11.9. The summed E-state index contributed by atoms with van der Waals surface area (Å²) in [6, 6.07) is 0. The van der Waals surface area contributed by atoms with Crippen LogP contribution in [0.3, 0.4) is 0 Å². The maximum absolute atomic E-state index is 14.0. The molecule has 0 saturated carbocycles. The first kappa shape index (κ1) is 28.6. The third-order valence-electron chi connectivity index (χ3n) is 4.83. The molecule has 0 spiro atoms. The molecular formula is C23H35F5O4. The van der Waals surface area contributed by atoms with Crippen molar-refractivity contribution >= 4 is 0 Å². The minimum atomic E-state index is -2.27. The van der Waals surface area contributed by atoms with E-state index >= 15 is 0 Å². The maximum atomic E-state index is 14.0. The van der Waals surface area contributed by atoms with Crippen molar-refractivity contribution in [2.24, 2.45) is 5.92 Å². The van der Waals surface area contributed by atoms with Crippen LogP contribution >= 0.6 is 0 Å². The van der Waals surface area contributed by atoms with Crippen molar-refractivity contribution in [1.29, 1.82) is 0 Å². The molecule has 32 heavy (non-hydrogen) atoms. The van der Waals surface area contributed by atoms with Gasteiger partial charge in [0.05, 0.1) is 24.7 Å². The van der Waals surface area contributed by atoms with Crippen molar-refractivity contribution in [3.05, 3.63) is 29.1 Å². The average molecular weight is 471 g/mol. The van der Waals surface area contributed by atoms with Gasteiger partial charge < -0.3 is 19.3 Å². The number of unbranched alkanes of at least 4 members (excludes halogenated alkanes) is 5. The van der Waals surface area contributed by atoms with E-state index in [-0.39, 0.29) is 6.42 Å². The highest BCUT2D eigenvalue weighted by molar-refractivity contribution is 5.29. The lowest BCUT2D eigenvalue weighted by atomic mass is 9.98. The lowest BCUT2D eigenvalue weighted by Gasteiger charge is -2.38. The highest BCUT2D eigenvalue weighted by Gasteiger charge is 2.42. The second kappa shape index (κ2) is 13.3. The van der Waals surface area contributed by atoms with Gasteiger partial charge in [0.2, 0.25) is 29.1 Å². The Hall–Kier alpha value is -1.45. The van der Waals surface area contributed by atoms with Crippen LogP contribution in [0.15, 0.2) is 0 Å². The van der Waals surface area contributed by atoms with Gasteiger partial charge in [-0.1, -0.05) is 45.4 Å². The van der Waals surface area contributed by atoms with Gasteiger partial charge in [-0.25, -0.2) is 13.2 Å². The molecule has 186 valence electrons. The van der Waals surface area contributed by atoms with E-state index in [2.05, 4.69) is 6.92 Å². The van der Waals surface area contributed by atoms with Crippen LogP contribution in [0.5, 0.6) is 5.75 Å². The summed E-state index contributed by atoms with van der Waals surface area (Å²) in [6.45, 7) is 8.19. The SMILES string of the molecule is CCCCCCCCC(COc1c(F)c(F)c(F)c(F)c1F)C(O)(OC(C)C)OC(C)C. The molecule has 0 bridgehead atoms. The molecule has 1 N–H and O–H groups in total. The van der Waals surface area contributed by atoms with E-state index in [4.69, 9.17) is 14.2 Å². The molecule has 1 rings (SSSR count). The second-order valence-electron chi connectivity index (χ2n) is 8.43. The summed E-state index contributed by atoms with van der Waals surface area (Å²) < 4.78 is 84.6. The van der Waals surface area contributed by atoms with Gasteiger partial charge in [0.1, 0.15) is 0 Å². The molecule has 0 amide bonds. The molecule has 1 atom stereocenters. The Morgan fingerprint density at radius 1 is 0.719 bits per heavy atom. The summed E-state index contributed by atoms with van der Waals surface area (Å²) in [5, 5.41) is 11.1. The van der Waals surface area contributed by atoms with Gasteiger partial charge in [0.15, 0.2) is 5.75 Å². The van der Waals surface area contributed by atoms with Crippen LogP contribution in [-0.2, 0) is 9.47 Å². The van der Waals surface area contributed by atoms with Gasteiger partial charge in [-0.3, -0.25) is 0 Å². The molecule has 9 heteroatoms. The van der Waals surface area contributed by atoms with Gasteiger partial charge >= 0.3 is 0 Å². The number of ether oxygens (including phenoxy) is 3. The van der Waals surface area contributed by atoms with Crippen molar-refractivity contribution in [2.75, 3.05) is 6.61 Å². The lowest BCUT2D eigenvalue weighted by molar-refractivity contribution is -0.408. The third-order valence-corrected chi connectivity index (χ3v) is 4.83. The molecule has 0 aromatic heterocycles. The van der Waals surface area contributed by atoms with Gasteiger partial charge in [-0.2, -0.15) is 8.78 Å². The first-order valence-electron chi connectivity index (χ1n) is 11.2. The lowest BCUT2D eigenvalue weighted by Crippen LogP contribution is -2.49. The van der Waals surface area contributed by atoms with E-state index in [1.54, 1.807) is 27.7 Å². The Balaban J connectivity index is 3.09. The van der Waals surface area contributed by atoms with Crippen molar-refractivity contribution < 1.29 is 41.3 Å². The van der Waals surface area contributed by atoms with E-state index in [1.807, 2.05) is 0 Å². The zero-order valence-corrected chi connectivity index (χ0v) is 19.5. The molecular weight excluding hydrogens is 435 g/mol. The Morgan fingerprint density at radius 3 is 1.62 bits per heavy atom. The molecule has 0 aliphatic rings. The zero-order chi connectivity index (χ0) is 24.5.